The zero-order valence-corrected chi connectivity index (χ0v) is 12.5. The van der Waals surface area contributed by atoms with Gasteiger partial charge in [-0.05, 0) is 35.7 Å². The summed E-state index contributed by atoms with van der Waals surface area (Å²) in [7, 11) is 0. The number of phenolic OH excluding ortho intramolecular Hbond substituents is 1. The molecule has 0 bridgehead atoms. The Bertz CT molecular complexity index is 512. The Morgan fingerprint density at radius 1 is 1.37 bits per heavy atom. The van der Waals surface area contributed by atoms with E-state index in [0.29, 0.717) is 29.2 Å². The smallest absolute Gasteiger partial charge is 0.168 e. The van der Waals surface area contributed by atoms with Crippen LogP contribution in [-0.2, 0) is 5.41 Å². The second-order valence-corrected chi connectivity index (χ2v) is 6.26. The maximum Gasteiger partial charge on any atom is 0.168 e. The molecule has 1 aromatic carbocycles. The van der Waals surface area contributed by atoms with Gasteiger partial charge in [0.1, 0.15) is 5.75 Å². The molecule has 5 heteroatoms. The summed E-state index contributed by atoms with van der Waals surface area (Å²) in [6, 6.07) is 1.75. The monoisotopic (exact) mass is 327 g/mol. The van der Waals surface area contributed by atoms with Crippen LogP contribution in [0.2, 0.25) is 0 Å². The second-order valence-electron chi connectivity index (χ2n) is 5.40. The highest BCUT2D eigenvalue weighted by atomic mass is 79.9. The molecule has 0 aromatic heterocycles. The third-order valence-corrected chi connectivity index (χ3v) is 4.73. The zero-order valence-electron chi connectivity index (χ0n) is 10.9. The SMILES string of the molecule is CC(N)C1(c2c(O)c(Br)cc3c2OCCCO3)CC1. The van der Waals surface area contributed by atoms with Gasteiger partial charge in [0.25, 0.3) is 0 Å². The van der Waals surface area contributed by atoms with E-state index in [9.17, 15) is 5.11 Å². The molecular formula is C14H18BrNO3. The van der Waals surface area contributed by atoms with Crippen LogP contribution in [0.5, 0.6) is 17.2 Å². The molecule has 4 nitrogen and oxygen atoms in total. The first-order valence-electron chi connectivity index (χ1n) is 6.63. The van der Waals surface area contributed by atoms with Crippen molar-refractivity contribution in [1.82, 2.24) is 0 Å². The summed E-state index contributed by atoms with van der Waals surface area (Å²) in [5, 5.41) is 10.4. The zero-order chi connectivity index (χ0) is 13.6. The number of benzene rings is 1. The second kappa shape index (κ2) is 4.56. The van der Waals surface area contributed by atoms with E-state index < -0.39 is 0 Å². The van der Waals surface area contributed by atoms with Crippen molar-refractivity contribution in [2.45, 2.75) is 37.6 Å². The summed E-state index contributed by atoms with van der Waals surface area (Å²) in [5.41, 5.74) is 6.77. The van der Waals surface area contributed by atoms with E-state index in [1.54, 1.807) is 6.07 Å². The van der Waals surface area contributed by atoms with Crippen LogP contribution in [0.1, 0.15) is 31.7 Å². The van der Waals surface area contributed by atoms with Gasteiger partial charge in [-0.3, -0.25) is 0 Å². The highest BCUT2D eigenvalue weighted by Crippen LogP contribution is 2.59. The molecule has 1 heterocycles. The molecule has 3 rings (SSSR count). The summed E-state index contributed by atoms with van der Waals surface area (Å²) in [4.78, 5) is 0. The average molecular weight is 328 g/mol. The topological polar surface area (TPSA) is 64.7 Å². The van der Waals surface area contributed by atoms with Gasteiger partial charge >= 0.3 is 0 Å². The minimum absolute atomic E-state index is 0.0244. The Hall–Kier alpha value is -0.940. The lowest BCUT2D eigenvalue weighted by Gasteiger charge is -2.25. The molecule has 1 unspecified atom stereocenters. The minimum atomic E-state index is -0.175. The Balaban J connectivity index is 2.19. The number of phenols is 1. The molecule has 1 aliphatic heterocycles. The summed E-state index contributed by atoms with van der Waals surface area (Å²) in [5.74, 6) is 1.61. The van der Waals surface area contributed by atoms with Gasteiger partial charge in [0.15, 0.2) is 11.5 Å². The molecule has 3 N–H and O–H groups in total. The van der Waals surface area contributed by atoms with Crippen LogP contribution < -0.4 is 15.2 Å². The van der Waals surface area contributed by atoms with E-state index in [1.807, 2.05) is 6.92 Å². The minimum Gasteiger partial charge on any atom is -0.506 e. The van der Waals surface area contributed by atoms with Gasteiger partial charge in [0, 0.05) is 29.5 Å². The normalized spacial score (nSPS) is 21.6. The van der Waals surface area contributed by atoms with Crippen LogP contribution in [0.15, 0.2) is 10.5 Å². The number of hydrogen-bond acceptors (Lipinski definition) is 4. The van der Waals surface area contributed by atoms with Crippen molar-refractivity contribution in [3.63, 3.8) is 0 Å². The Morgan fingerprint density at radius 3 is 2.68 bits per heavy atom. The lowest BCUT2D eigenvalue weighted by molar-refractivity contribution is 0.294. The standard InChI is InChI=1S/C14H18BrNO3/c1-8(16)14(3-4-14)11-12(17)9(15)7-10-13(11)19-6-2-5-18-10/h7-8,17H,2-6,16H2,1H3. The average Bonchev–Trinajstić information content (AvgIpc) is 3.15. The number of hydrogen-bond donors (Lipinski definition) is 2. The van der Waals surface area contributed by atoms with Crippen LogP contribution in [-0.4, -0.2) is 24.4 Å². The third-order valence-electron chi connectivity index (χ3n) is 4.12. The van der Waals surface area contributed by atoms with Gasteiger partial charge in [-0.1, -0.05) is 0 Å². The van der Waals surface area contributed by atoms with Crippen molar-refractivity contribution < 1.29 is 14.6 Å². The van der Waals surface area contributed by atoms with Crippen molar-refractivity contribution in [2.24, 2.45) is 5.73 Å². The van der Waals surface area contributed by atoms with E-state index in [1.165, 1.54) is 0 Å². The van der Waals surface area contributed by atoms with Crippen molar-refractivity contribution >= 4 is 15.9 Å². The van der Waals surface area contributed by atoms with Crippen LogP contribution >= 0.6 is 15.9 Å². The van der Waals surface area contributed by atoms with Crippen LogP contribution in [0, 0.1) is 0 Å². The van der Waals surface area contributed by atoms with Crippen molar-refractivity contribution in [2.75, 3.05) is 13.2 Å². The number of fused-ring (bicyclic) bond motifs is 1. The molecule has 0 amide bonds. The summed E-state index contributed by atoms with van der Waals surface area (Å²) < 4.78 is 12.2. The predicted octanol–water partition coefficient (Wildman–Crippen LogP) is 2.69. The van der Waals surface area contributed by atoms with Crippen LogP contribution in [0.3, 0.4) is 0 Å². The molecule has 19 heavy (non-hydrogen) atoms. The fraction of sp³-hybridized carbons (Fsp3) is 0.571. The molecular weight excluding hydrogens is 310 g/mol. The Morgan fingerprint density at radius 2 is 2.05 bits per heavy atom. The maximum absolute atomic E-state index is 10.4. The number of halogens is 1. The molecule has 1 atom stereocenters. The summed E-state index contributed by atoms with van der Waals surface area (Å²) in [6.07, 6.45) is 2.80. The Labute approximate surface area is 121 Å². The summed E-state index contributed by atoms with van der Waals surface area (Å²) >= 11 is 3.39. The predicted molar refractivity (Wildman–Crippen MR) is 76.0 cm³/mol. The lowest BCUT2D eigenvalue weighted by Crippen LogP contribution is -2.32. The Kier molecular flexibility index (Phi) is 3.14. The largest absolute Gasteiger partial charge is 0.506 e. The van der Waals surface area contributed by atoms with E-state index in [0.717, 1.165) is 24.8 Å². The number of ether oxygens (including phenoxy) is 2. The molecule has 2 aliphatic rings. The molecule has 0 radical (unpaired) electrons. The quantitative estimate of drug-likeness (QED) is 0.876. The van der Waals surface area contributed by atoms with E-state index >= 15 is 0 Å². The first kappa shape index (κ1) is 13.1. The third kappa shape index (κ3) is 1.99. The van der Waals surface area contributed by atoms with Gasteiger partial charge in [0.2, 0.25) is 0 Å². The first-order chi connectivity index (χ1) is 9.06. The fourth-order valence-corrected chi connectivity index (χ4v) is 3.20. The molecule has 1 aliphatic carbocycles. The highest BCUT2D eigenvalue weighted by molar-refractivity contribution is 9.10. The summed E-state index contributed by atoms with van der Waals surface area (Å²) in [6.45, 7) is 3.22. The van der Waals surface area contributed by atoms with Crippen LogP contribution in [0.25, 0.3) is 0 Å². The first-order valence-corrected chi connectivity index (χ1v) is 7.43. The number of rotatable bonds is 2. The molecule has 104 valence electrons. The highest BCUT2D eigenvalue weighted by Gasteiger charge is 2.52. The van der Waals surface area contributed by atoms with Crippen molar-refractivity contribution in [1.29, 1.82) is 0 Å². The van der Waals surface area contributed by atoms with E-state index in [-0.39, 0.29) is 17.2 Å². The number of nitrogens with two attached hydrogens (primary N) is 1. The molecule has 1 fully saturated rings. The molecule has 0 saturated heterocycles. The van der Waals surface area contributed by atoms with E-state index in [4.69, 9.17) is 15.2 Å². The van der Waals surface area contributed by atoms with Crippen molar-refractivity contribution in [3.8, 4) is 17.2 Å². The van der Waals surface area contributed by atoms with Crippen LogP contribution in [0.4, 0.5) is 0 Å². The van der Waals surface area contributed by atoms with Gasteiger partial charge in [-0.15, -0.1) is 0 Å². The van der Waals surface area contributed by atoms with Gasteiger partial charge in [-0.25, -0.2) is 0 Å². The van der Waals surface area contributed by atoms with Crippen molar-refractivity contribution in [3.05, 3.63) is 16.1 Å². The number of aromatic hydroxyl groups is 1. The fourth-order valence-electron chi connectivity index (χ4n) is 2.79. The van der Waals surface area contributed by atoms with Gasteiger partial charge in [0.05, 0.1) is 17.7 Å². The molecule has 1 aromatic rings. The lowest BCUT2D eigenvalue weighted by atomic mass is 9.87. The maximum atomic E-state index is 10.4. The van der Waals surface area contributed by atoms with E-state index in [2.05, 4.69) is 15.9 Å². The van der Waals surface area contributed by atoms with Gasteiger partial charge < -0.3 is 20.3 Å². The molecule has 0 spiro atoms. The van der Waals surface area contributed by atoms with Gasteiger partial charge in [-0.2, -0.15) is 0 Å². The molecule has 1 saturated carbocycles.